The highest BCUT2D eigenvalue weighted by molar-refractivity contribution is 7.16. The number of methoxy groups -OCH3 is 1. The zero-order valence-corrected chi connectivity index (χ0v) is 29.5. The van der Waals surface area contributed by atoms with E-state index in [9.17, 15) is 10.1 Å². The molecule has 0 radical (unpaired) electrons. The van der Waals surface area contributed by atoms with Crippen LogP contribution in [0.3, 0.4) is 0 Å². The van der Waals surface area contributed by atoms with Gasteiger partial charge in [0, 0.05) is 47.8 Å². The summed E-state index contributed by atoms with van der Waals surface area (Å²) in [6.45, 7) is 6.79. The van der Waals surface area contributed by atoms with Gasteiger partial charge in [0.1, 0.15) is 17.2 Å². The van der Waals surface area contributed by atoms with Crippen LogP contribution in [-0.4, -0.2) is 80.7 Å². The number of aryl methyl sites for hydroxylation is 1. The zero-order valence-electron chi connectivity index (χ0n) is 28.7. The molecule has 3 aliphatic rings. The lowest BCUT2D eigenvalue weighted by Gasteiger charge is -2.39. The third-order valence-corrected chi connectivity index (χ3v) is 11.3. The number of carbonyl (C=O) groups excluding carboxylic acids is 1. The molecule has 1 saturated heterocycles. The largest absolute Gasteiger partial charge is 0.473 e. The van der Waals surface area contributed by atoms with Crippen molar-refractivity contribution >= 4 is 22.2 Å². The predicted octanol–water partition coefficient (Wildman–Crippen LogP) is 4.34. The first kappa shape index (κ1) is 33.2. The Hall–Kier alpha value is -4.32. The maximum Gasteiger partial charge on any atom is 0.226 e. The first-order chi connectivity index (χ1) is 23.6. The summed E-state index contributed by atoms with van der Waals surface area (Å²) in [5.41, 5.74) is 9.93. The SMILES string of the molecule is CO[C@H]1CCN(C)[C@@H]1[C@H](C)Oc1cc(-n2ccc(CC(=O)NC(C)C)n2)nc(-c2onc3c2CCC[C@@]32CCCc3sc(N)c(C#N)c32)n1. The number of likely N-dealkylation sites (tertiary alicyclic amines) is 1. The van der Waals surface area contributed by atoms with Gasteiger partial charge in [0.15, 0.2) is 5.82 Å². The van der Waals surface area contributed by atoms with Gasteiger partial charge in [-0.2, -0.15) is 15.3 Å². The fourth-order valence-electron chi connectivity index (χ4n) is 8.16. The summed E-state index contributed by atoms with van der Waals surface area (Å²) in [7, 11) is 3.81. The van der Waals surface area contributed by atoms with Gasteiger partial charge in [-0.3, -0.25) is 9.69 Å². The Morgan fingerprint density at radius 2 is 2.06 bits per heavy atom. The fourth-order valence-corrected chi connectivity index (χ4v) is 9.32. The van der Waals surface area contributed by atoms with Crippen molar-refractivity contribution in [3.05, 3.63) is 51.3 Å². The molecule has 0 bridgehead atoms. The van der Waals surface area contributed by atoms with Gasteiger partial charge in [-0.05, 0) is 84.4 Å². The monoisotopic (exact) mass is 685 g/mol. The number of nitriles is 1. The molecule has 14 heteroatoms. The topological polar surface area (TPSA) is 170 Å². The molecule has 1 amide bonds. The molecule has 4 aromatic rings. The number of carbonyl (C=O) groups is 1. The number of nitrogens with one attached hydrogen (secondary N) is 1. The number of hydrogen-bond acceptors (Lipinski definition) is 12. The lowest BCUT2D eigenvalue weighted by Crippen LogP contribution is -2.44. The number of rotatable bonds is 9. The lowest BCUT2D eigenvalue weighted by molar-refractivity contribution is -0.120. The maximum atomic E-state index is 12.5. The molecule has 2 aliphatic carbocycles. The third kappa shape index (κ3) is 5.98. The summed E-state index contributed by atoms with van der Waals surface area (Å²) in [5.74, 6) is 1.56. The van der Waals surface area contributed by atoms with Gasteiger partial charge in [-0.25, -0.2) is 9.67 Å². The van der Waals surface area contributed by atoms with Crippen LogP contribution in [0, 0.1) is 11.3 Å². The summed E-state index contributed by atoms with van der Waals surface area (Å²) in [6, 6.07) is 6.03. The first-order valence-corrected chi connectivity index (χ1v) is 17.9. The Kier molecular flexibility index (Phi) is 8.93. The molecule has 0 unspecified atom stereocenters. The number of ether oxygens (including phenoxy) is 2. The second-order valence-corrected chi connectivity index (χ2v) is 14.9. The van der Waals surface area contributed by atoms with E-state index in [2.05, 4.69) is 28.4 Å². The lowest BCUT2D eigenvalue weighted by atomic mass is 9.62. The number of hydrogen-bond donors (Lipinski definition) is 2. The molecule has 258 valence electrons. The molecule has 5 heterocycles. The quantitative estimate of drug-likeness (QED) is 0.257. The van der Waals surface area contributed by atoms with Crippen molar-refractivity contribution in [2.45, 2.75) is 102 Å². The summed E-state index contributed by atoms with van der Waals surface area (Å²) < 4.78 is 20.2. The third-order valence-electron chi connectivity index (χ3n) is 10.2. The van der Waals surface area contributed by atoms with Crippen molar-refractivity contribution in [2.75, 3.05) is 26.4 Å². The van der Waals surface area contributed by atoms with E-state index in [1.54, 1.807) is 24.1 Å². The van der Waals surface area contributed by atoms with Crippen molar-refractivity contribution in [3.63, 3.8) is 0 Å². The van der Waals surface area contributed by atoms with Crippen LogP contribution in [0.4, 0.5) is 5.00 Å². The van der Waals surface area contributed by atoms with Gasteiger partial charge in [0.05, 0.1) is 35.5 Å². The van der Waals surface area contributed by atoms with E-state index < -0.39 is 5.41 Å². The van der Waals surface area contributed by atoms with E-state index in [0.717, 1.165) is 68.3 Å². The molecular formula is C35H43N9O4S. The van der Waals surface area contributed by atoms with Crippen LogP contribution in [-0.2, 0) is 34.2 Å². The number of amides is 1. The van der Waals surface area contributed by atoms with E-state index in [1.807, 2.05) is 26.8 Å². The second-order valence-electron chi connectivity index (χ2n) is 13.8. The number of likely N-dealkylation sites (N-methyl/N-ethyl adjacent to an activating group) is 1. The Morgan fingerprint density at radius 1 is 1.27 bits per heavy atom. The van der Waals surface area contributed by atoms with E-state index in [-0.39, 0.29) is 36.6 Å². The Bertz CT molecular complexity index is 1900. The normalized spacial score (nSPS) is 22.6. The van der Waals surface area contributed by atoms with Crippen molar-refractivity contribution in [2.24, 2.45) is 0 Å². The smallest absolute Gasteiger partial charge is 0.226 e. The van der Waals surface area contributed by atoms with Gasteiger partial charge in [-0.1, -0.05) is 5.16 Å². The molecule has 0 saturated carbocycles. The number of nitrogen functional groups attached to an aromatic ring is 1. The van der Waals surface area contributed by atoms with E-state index in [1.165, 1.54) is 16.2 Å². The number of nitrogens with zero attached hydrogens (tertiary/aromatic N) is 7. The molecule has 49 heavy (non-hydrogen) atoms. The molecule has 1 spiro atoms. The zero-order chi connectivity index (χ0) is 34.4. The predicted molar refractivity (Wildman–Crippen MR) is 184 cm³/mol. The van der Waals surface area contributed by atoms with Gasteiger partial charge in [0.2, 0.25) is 23.4 Å². The average molecular weight is 686 g/mol. The van der Waals surface area contributed by atoms with Crippen molar-refractivity contribution in [3.8, 4) is 29.4 Å². The van der Waals surface area contributed by atoms with Gasteiger partial charge < -0.3 is 25.0 Å². The number of aromatic nitrogens is 5. The van der Waals surface area contributed by atoms with Crippen LogP contribution in [0.15, 0.2) is 22.9 Å². The van der Waals surface area contributed by atoms with E-state index in [0.29, 0.717) is 39.5 Å². The molecule has 4 aromatic heterocycles. The summed E-state index contributed by atoms with van der Waals surface area (Å²) >= 11 is 1.52. The standard InChI is InChI=1S/C35H43N9O4S/c1-19(2)38-27(45)16-21-10-15-44(41-21)26-17-28(47-20(3)30-24(46-5)11-14-43(30)4)40-34(39-26)31-22-8-6-12-35(32(22)42-48-31)13-7-9-25-29(35)23(18-36)33(37)49-25/h10,15,17,19-20,24,30H,6-9,11-14,16,37H2,1-5H3,(H,38,45)/t20-,24-,30+,35-/m0/s1. The Balaban J connectivity index is 1.29. The van der Waals surface area contributed by atoms with Crippen LogP contribution in [0.2, 0.25) is 0 Å². The van der Waals surface area contributed by atoms with Crippen molar-refractivity contribution < 1.29 is 18.8 Å². The maximum absolute atomic E-state index is 12.5. The minimum atomic E-state index is -0.441. The molecule has 4 atom stereocenters. The number of anilines is 1. The van der Waals surface area contributed by atoms with Crippen LogP contribution < -0.4 is 15.8 Å². The Morgan fingerprint density at radius 3 is 2.82 bits per heavy atom. The minimum Gasteiger partial charge on any atom is -0.473 e. The highest BCUT2D eigenvalue weighted by atomic mass is 32.1. The average Bonchev–Trinajstić information content (AvgIpc) is 3.86. The second kappa shape index (κ2) is 13.2. The summed E-state index contributed by atoms with van der Waals surface area (Å²) in [6.07, 6.45) is 7.90. The molecule has 13 nitrogen and oxygen atoms in total. The van der Waals surface area contributed by atoms with E-state index in [4.69, 9.17) is 34.9 Å². The fraction of sp³-hybridized carbons (Fsp3) is 0.543. The minimum absolute atomic E-state index is 0.0353. The molecule has 3 N–H and O–H groups in total. The number of nitrogens with two attached hydrogens (primary N) is 1. The molecule has 1 fully saturated rings. The highest BCUT2D eigenvalue weighted by Crippen LogP contribution is 2.54. The van der Waals surface area contributed by atoms with Crippen LogP contribution in [0.25, 0.3) is 17.4 Å². The van der Waals surface area contributed by atoms with Crippen LogP contribution in [0.1, 0.15) is 85.8 Å². The van der Waals surface area contributed by atoms with Crippen molar-refractivity contribution in [1.82, 2.24) is 35.1 Å². The Labute approximate surface area is 289 Å². The highest BCUT2D eigenvalue weighted by Gasteiger charge is 2.48. The van der Waals surface area contributed by atoms with Gasteiger partial charge in [0.25, 0.3) is 0 Å². The van der Waals surface area contributed by atoms with Crippen LogP contribution in [0.5, 0.6) is 5.88 Å². The number of fused-ring (bicyclic) bond motifs is 4. The van der Waals surface area contributed by atoms with Crippen LogP contribution >= 0.6 is 11.3 Å². The molecule has 1 aliphatic heterocycles. The van der Waals surface area contributed by atoms with Crippen molar-refractivity contribution in [1.29, 1.82) is 5.26 Å². The molecular weight excluding hydrogens is 643 g/mol. The van der Waals surface area contributed by atoms with E-state index >= 15 is 0 Å². The molecule has 0 aromatic carbocycles. The summed E-state index contributed by atoms with van der Waals surface area (Å²) in [4.78, 5) is 25.7. The first-order valence-electron chi connectivity index (χ1n) is 17.1. The molecule has 7 rings (SSSR count). The number of thiophene rings is 1. The van der Waals surface area contributed by atoms with Gasteiger partial charge in [-0.15, -0.1) is 11.3 Å². The summed E-state index contributed by atoms with van der Waals surface area (Å²) in [5, 5.41) is 23.0. The van der Waals surface area contributed by atoms with Gasteiger partial charge >= 0.3 is 0 Å².